The third kappa shape index (κ3) is 2.10. The molecule has 1 N–H and O–H groups in total. The van der Waals surface area contributed by atoms with Crippen LogP contribution in [0.4, 0.5) is 0 Å². The highest BCUT2D eigenvalue weighted by molar-refractivity contribution is 5.33. The molecule has 2 rings (SSSR count). The van der Waals surface area contributed by atoms with Crippen LogP contribution in [0.15, 0.2) is 24.3 Å². The first-order chi connectivity index (χ1) is 6.27. The molecule has 0 amide bonds. The van der Waals surface area contributed by atoms with E-state index in [1.54, 1.807) is 0 Å². The average Bonchev–Trinajstić information content (AvgIpc) is 2.87. The Bertz CT molecular complexity index is 287. The van der Waals surface area contributed by atoms with Crippen molar-refractivity contribution in [2.45, 2.75) is 38.2 Å². The lowest BCUT2D eigenvalue weighted by Gasteiger charge is -2.09. The molecule has 0 aliphatic heterocycles. The van der Waals surface area contributed by atoms with Gasteiger partial charge in [0.05, 0.1) is 6.10 Å². The minimum absolute atomic E-state index is 0.222. The van der Waals surface area contributed by atoms with Gasteiger partial charge in [0.2, 0.25) is 0 Å². The van der Waals surface area contributed by atoms with Crippen LogP contribution < -0.4 is 0 Å². The van der Waals surface area contributed by atoms with E-state index in [1.165, 1.54) is 24.0 Å². The summed E-state index contributed by atoms with van der Waals surface area (Å²) < 4.78 is 0. The van der Waals surface area contributed by atoms with Crippen molar-refractivity contribution in [1.29, 1.82) is 0 Å². The molecule has 0 spiro atoms. The Labute approximate surface area is 79.4 Å². The topological polar surface area (TPSA) is 20.2 Å². The van der Waals surface area contributed by atoms with Crippen LogP contribution in [0.1, 0.15) is 36.8 Å². The number of hydrogen-bond donors (Lipinski definition) is 1. The number of hydrogen-bond acceptors (Lipinski definition) is 1. The molecule has 0 aromatic heterocycles. The van der Waals surface area contributed by atoms with E-state index in [0.717, 1.165) is 12.3 Å². The highest BCUT2D eigenvalue weighted by Gasteiger charge is 2.25. The molecule has 13 heavy (non-hydrogen) atoms. The van der Waals surface area contributed by atoms with Gasteiger partial charge in [-0.15, -0.1) is 0 Å². The second-order valence-electron chi connectivity index (χ2n) is 4.03. The van der Waals surface area contributed by atoms with Gasteiger partial charge in [0.1, 0.15) is 0 Å². The molecule has 1 unspecified atom stereocenters. The molecular formula is C12H16O. The van der Waals surface area contributed by atoms with Crippen LogP contribution >= 0.6 is 0 Å². The van der Waals surface area contributed by atoms with Crippen LogP contribution in [0.25, 0.3) is 0 Å². The summed E-state index contributed by atoms with van der Waals surface area (Å²) in [5.41, 5.74) is 2.79. The lowest BCUT2D eigenvalue weighted by atomic mass is 9.99. The summed E-state index contributed by atoms with van der Waals surface area (Å²) in [4.78, 5) is 0. The predicted molar refractivity (Wildman–Crippen MR) is 53.8 cm³/mol. The molecule has 1 aromatic rings. The number of aliphatic hydroxyl groups excluding tert-OH is 1. The van der Waals surface area contributed by atoms with Gasteiger partial charge in [-0.25, -0.2) is 0 Å². The molecule has 70 valence electrons. The molecule has 1 saturated carbocycles. The molecule has 1 nitrogen and oxygen atoms in total. The molecule has 1 aliphatic rings. The Balaban J connectivity index is 2.21. The first-order valence-corrected chi connectivity index (χ1v) is 5.03. The summed E-state index contributed by atoms with van der Waals surface area (Å²) in [6, 6.07) is 8.50. The fourth-order valence-corrected chi connectivity index (χ4v) is 1.83. The highest BCUT2D eigenvalue weighted by atomic mass is 16.3. The molecule has 1 fully saturated rings. The molecule has 0 radical (unpaired) electrons. The summed E-state index contributed by atoms with van der Waals surface area (Å²) in [6.45, 7) is 1.85. The summed E-state index contributed by atoms with van der Waals surface area (Å²) in [7, 11) is 0. The van der Waals surface area contributed by atoms with Gasteiger partial charge >= 0.3 is 0 Å². The third-order valence-corrected chi connectivity index (χ3v) is 2.59. The van der Waals surface area contributed by atoms with Gasteiger partial charge in [0.25, 0.3) is 0 Å². The fraction of sp³-hybridized carbons (Fsp3) is 0.500. The molecule has 1 aromatic carbocycles. The quantitative estimate of drug-likeness (QED) is 0.750. The van der Waals surface area contributed by atoms with E-state index in [1.807, 2.05) is 6.92 Å². The van der Waals surface area contributed by atoms with Crippen molar-refractivity contribution in [2.24, 2.45) is 0 Å². The van der Waals surface area contributed by atoms with E-state index >= 15 is 0 Å². The van der Waals surface area contributed by atoms with Crippen molar-refractivity contribution < 1.29 is 5.11 Å². The summed E-state index contributed by atoms with van der Waals surface area (Å²) >= 11 is 0. The van der Waals surface area contributed by atoms with Crippen LogP contribution in [0, 0.1) is 0 Å². The maximum atomic E-state index is 9.33. The van der Waals surface area contributed by atoms with Crippen molar-refractivity contribution in [3.63, 3.8) is 0 Å². The van der Waals surface area contributed by atoms with Gasteiger partial charge in [-0.05, 0) is 43.2 Å². The summed E-state index contributed by atoms with van der Waals surface area (Å²) in [5.74, 6) is 0.787. The Hall–Kier alpha value is -0.820. The van der Waals surface area contributed by atoms with E-state index in [9.17, 15) is 5.11 Å². The maximum absolute atomic E-state index is 9.33. The SMILES string of the molecule is CC(O)Cc1ccccc1C1CC1. The highest BCUT2D eigenvalue weighted by Crippen LogP contribution is 2.41. The number of rotatable bonds is 3. The van der Waals surface area contributed by atoms with Gasteiger partial charge in [-0.3, -0.25) is 0 Å². The summed E-state index contributed by atoms with van der Waals surface area (Å²) in [5, 5.41) is 9.33. The van der Waals surface area contributed by atoms with E-state index in [2.05, 4.69) is 24.3 Å². The van der Waals surface area contributed by atoms with Crippen molar-refractivity contribution in [1.82, 2.24) is 0 Å². The largest absolute Gasteiger partial charge is 0.393 e. The average molecular weight is 176 g/mol. The van der Waals surface area contributed by atoms with Gasteiger partial charge in [0, 0.05) is 0 Å². The van der Waals surface area contributed by atoms with E-state index in [4.69, 9.17) is 0 Å². The standard InChI is InChI=1S/C12H16O/c1-9(13)8-11-4-2-3-5-12(11)10-6-7-10/h2-5,9-10,13H,6-8H2,1H3. The first kappa shape index (κ1) is 8.76. The zero-order valence-corrected chi connectivity index (χ0v) is 8.03. The molecule has 1 atom stereocenters. The van der Waals surface area contributed by atoms with Gasteiger partial charge < -0.3 is 5.11 Å². The van der Waals surface area contributed by atoms with Crippen LogP contribution in [0.3, 0.4) is 0 Å². The molecule has 0 saturated heterocycles. The minimum Gasteiger partial charge on any atom is -0.393 e. The Morgan fingerprint density at radius 2 is 2.08 bits per heavy atom. The molecule has 1 aliphatic carbocycles. The van der Waals surface area contributed by atoms with E-state index in [-0.39, 0.29) is 6.10 Å². The molecular weight excluding hydrogens is 160 g/mol. The van der Waals surface area contributed by atoms with Crippen LogP contribution in [-0.2, 0) is 6.42 Å². The predicted octanol–water partition coefficient (Wildman–Crippen LogP) is 2.49. The van der Waals surface area contributed by atoms with Crippen LogP contribution in [-0.4, -0.2) is 11.2 Å². The third-order valence-electron chi connectivity index (χ3n) is 2.59. The van der Waals surface area contributed by atoms with Gasteiger partial charge in [-0.1, -0.05) is 24.3 Å². The minimum atomic E-state index is -0.222. The van der Waals surface area contributed by atoms with Crippen molar-refractivity contribution in [3.05, 3.63) is 35.4 Å². The second kappa shape index (κ2) is 3.51. The number of aliphatic hydroxyl groups is 1. The van der Waals surface area contributed by atoms with Crippen molar-refractivity contribution in [2.75, 3.05) is 0 Å². The van der Waals surface area contributed by atoms with Crippen molar-refractivity contribution in [3.8, 4) is 0 Å². The van der Waals surface area contributed by atoms with Gasteiger partial charge in [0.15, 0.2) is 0 Å². The molecule has 0 heterocycles. The van der Waals surface area contributed by atoms with E-state index in [0.29, 0.717) is 0 Å². The monoisotopic (exact) mass is 176 g/mol. The van der Waals surface area contributed by atoms with E-state index < -0.39 is 0 Å². The smallest absolute Gasteiger partial charge is 0.0552 e. The Morgan fingerprint density at radius 1 is 1.38 bits per heavy atom. The zero-order chi connectivity index (χ0) is 9.26. The van der Waals surface area contributed by atoms with Gasteiger partial charge in [-0.2, -0.15) is 0 Å². The van der Waals surface area contributed by atoms with Crippen LogP contribution in [0.5, 0.6) is 0 Å². The van der Waals surface area contributed by atoms with Crippen molar-refractivity contribution >= 4 is 0 Å². The normalized spacial score (nSPS) is 18.6. The maximum Gasteiger partial charge on any atom is 0.0552 e. The lowest BCUT2D eigenvalue weighted by Crippen LogP contribution is -2.06. The summed E-state index contributed by atoms with van der Waals surface area (Å²) in [6.07, 6.45) is 3.24. The second-order valence-corrected chi connectivity index (χ2v) is 4.03. The van der Waals surface area contributed by atoms with Crippen LogP contribution in [0.2, 0.25) is 0 Å². The Morgan fingerprint density at radius 3 is 2.69 bits per heavy atom. The fourth-order valence-electron chi connectivity index (χ4n) is 1.83. The number of benzene rings is 1. The molecule has 0 bridgehead atoms. The lowest BCUT2D eigenvalue weighted by molar-refractivity contribution is 0.195. The molecule has 1 heteroatoms. The zero-order valence-electron chi connectivity index (χ0n) is 8.03. The first-order valence-electron chi connectivity index (χ1n) is 5.03. The Kier molecular flexibility index (Phi) is 2.36.